The SMILES string of the molecule is COc1cc(/C=c2\sc3nc4ccccc4n3c2=O)ccc1OCC(=O)Nc1ccc(C)c(C)c1. The molecule has 8 heteroatoms. The standard InChI is InChI=1S/C27H23N3O4S/c1-16-8-10-19(12-17(16)2)28-25(31)15-34-22-11-9-18(13-23(22)33-3)14-24-26(32)30-21-7-5-4-6-20(21)29-27(30)35-24/h4-14H,15H2,1-3H3,(H,28,31)/b24-14-. The molecule has 0 fully saturated rings. The summed E-state index contributed by atoms with van der Waals surface area (Å²) in [6.07, 6.45) is 1.80. The van der Waals surface area contributed by atoms with E-state index in [4.69, 9.17) is 9.47 Å². The molecule has 0 aliphatic heterocycles. The Balaban J connectivity index is 1.35. The van der Waals surface area contributed by atoms with Crippen molar-refractivity contribution in [3.63, 3.8) is 0 Å². The smallest absolute Gasteiger partial charge is 0.274 e. The molecule has 7 nitrogen and oxygen atoms in total. The van der Waals surface area contributed by atoms with Crippen LogP contribution < -0.4 is 24.9 Å². The second-order valence-corrected chi connectivity index (χ2v) is 9.19. The number of para-hydroxylation sites is 2. The minimum Gasteiger partial charge on any atom is -0.493 e. The van der Waals surface area contributed by atoms with E-state index in [2.05, 4.69) is 10.3 Å². The van der Waals surface area contributed by atoms with Crippen LogP contribution in [0.25, 0.3) is 22.1 Å². The van der Waals surface area contributed by atoms with Crippen LogP contribution in [0.3, 0.4) is 0 Å². The van der Waals surface area contributed by atoms with E-state index in [-0.39, 0.29) is 18.1 Å². The molecular formula is C27H23N3O4S. The van der Waals surface area contributed by atoms with E-state index in [9.17, 15) is 9.59 Å². The first-order chi connectivity index (χ1) is 16.9. The Morgan fingerprint density at radius 1 is 1.06 bits per heavy atom. The molecule has 2 heterocycles. The number of imidazole rings is 1. The summed E-state index contributed by atoms with van der Waals surface area (Å²) in [4.78, 5) is 30.6. The second-order valence-electron chi connectivity index (χ2n) is 8.18. The fraction of sp³-hybridized carbons (Fsp3) is 0.148. The molecule has 1 N–H and O–H groups in total. The van der Waals surface area contributed by atoms with E-state index in [1.807, 2.05) is 62.4 Å². The molecule has 0 saturated carbocycles. The molecule has 5 aromatic rings. The molecule has 0 unspecified atom stereocenters. The zero-order valence-electron chi connectivity index (χ0n) is 19.5. The Bertz CT molecular complexity index is 1690. The summed E-state index contributed by atoms with van der Waals surface area (Å²) < 4.78 is 13.4. The average Bonchev–Trinajstić information content (AvgIpc) is 3.36. The first-order valence-corrected chi connectivity index (χ1v) is 11.8. The molecule has 176 valence electrons. The Hall–Kier alpha value is -4.17. The van der Waals surface area contributed by atoms with Gasteiger partial charge in [0, 0.05) is 5.69 Å². The Morgan fingerprint density at radius 3 is 2.69 bits per heavy atom. The van der Waals surface area contributed by atoms with Crippen LogP contribution in [0.5, 0.6) is 11.5 Å². The maximum atomic E-state index is 13.0. The van der Waals surface area contributed by atoms with Gasteiger partial charge >= 0.3 is 0 Å². The minimum absolute atomic E-state index is 0.110. The fourth-order valence-electron chi connectivity index (χ4n) is 3.82. The van der Waals surface area contributed by atoms with Gasteiger partial charge in [-0.15, -0.1) is 0 Å². The number of benzene rings is 3. The van der Waals surface area contributed by atoms with Gasteiger partial charge in [0.1, 0.15) is 0 Å². The first kappa shape index (κ1) is 22.6. The lowest BCUT2D eigenvalue weighted by atomic mass is 10.1. The number of fused-ring (bicyclic) bond motifs is 3. The van der Waals surface area contributed by atoms with Gasteiger partial charge in [-0.2, -0.15) is 0 Å². The zero-order valence-corrected chi connectivity index (χ0v) is 20.3. The first-order valence-electron chi connectivity index (χ1n) is 11.0. The van der Waals surface area contributed by atoms with Gasteiger partial charge < -0.3 is 14.8 Å². The molecule has 5 rings (SSSR count). The van der Waals surface area contributed by atoms with Crippen LogP contribution in [-0.2, 0) is 4.79 Å². The summed E-state index contributed by atoms with van der Waals surface area (Å²) >= 11 is 1.34. The van der Waals surface area contributed by atoms with Crippen molar-refractivity contribution in [2.75, 3.05) is 19.0 Å². The molecule has 0 spiro atoms. The number of carbonyl (C=O) groups excluding carboxylic acids is 1. The predicted molar refractivity (Wildman–Crippen MR) is 139 cm³/mol. The Kier molecular flexibility index (Phi) is 5.96. The van der Waals surface area contributed by atoms with Crippen LogP contribution in [0.4, 0.5) is 5.69 Å². The van der Waals surface area contributed by atoms with Gasteiger partial charge in [-0.1, -0.05) is 35.6 Å². The average molecular weight is 486 g/mol. The molecule has 35 heavy (non-hydrogen) atoms. The van der Waals surface area contributed by atoms with Crippen LogP contribution in [-0.4, -0.2) is 29.0 Å². The zero-order chi connectivity index (χ0) is 24.5. The number of nitrogens with one attached hydrogen (secondary N) is 1. The van der Waals surface area contributed by atoms with Gasteiger partial charge in [0.05, 0.1) is 22.7 Å². The van der Waals surface area contributed by atoms with Crippen molar-refractivity contribution in [3.8, 4) is 11.5 Å². The molecule has 0 bridgehead atoms. The largest absolute Gasteiger partial charge is 0.493 e. The molecule has 3 aromatic carbocycles. The number of anilines is 1. The van der Waals surface area contributed by atoms with Crippen LogP contribution in [0.2, 0.25) is 0 Å². The topological polar surface area (TPSA) is 81.9 Å². The lowest BCUT2D eigenvalue weighted by molar-refractivity contribution is -0.118. The number of carbonyl (C=O) groups is 1. The van der Waals surface area contributed by atoms with E-state index in [0.717, 1.165) is 33.4 Å². The maximum Gasteiger partial charge on any atom is 0.274 e. The highest BCUT2D eigenvalue weighted by atomic mass is 32.1. The van der Waals surface area contributed by atoms with Crippen LogP contribution in [0.1, 0.15) is 16.7 Å². The Labute approximate surface area is 205 Å². The summed E-state index contributed by atoms with van der Waals surface area (Å²) in [5.41, 5.74) is 5.25. The second kappa shape index (κ2) is 9.23. The predicted octanol–water partition coefficient (Wildman–Crippen LogP) is 4.10. The number of ether oxygens (including phenoxy) is 2. The number of aromatic nitrogens is 2. The van der Waals surface area contributed by atoms with Gasteiger partial charge in [-0.25, -0.2) is 9.38 Å². The summed E-state index contributed by atoms with van der Waals surface area (Å²) in [6.45, 7) is 3.86. The quantitative estimate of drug-likeness (QED) is 0.392. The summed E-state index contributed by atoms with van der Waals surface area (Å²) in [6, 6.07) is 18.6. The van der Waals surface area contributed by atoms with Crippen molar-refractivity contribution >= 4 is 45.0 Å². The van der Waals surface area contributed by atoms with Gasteiger partial charge in [0.25, 0.3) is 11.5 Å². The summed E-state index contributed by atoms with van der Waals surface area (Å²) in [7, 11) is 1.53. The van der Waals surface area contributed by atoms with Gasteiger partial charge in [0.15, 0.2) is 23.1 Å². The van der Waals surface area contributed by atoms with Crippen molar-refractivity contribution in [2.24, 2.45) is 0 Å². The van der Waals surface area contributed by atoms with Crippen molar-refractivity contribution in [1.82, 2.24) is 9.38 Å². The van der Waals surface area contributed by atoms with Crippen molar-refractivity contribution in [2.45, 2.75) is 13.8 Å². The molecular weight excluding hydrogens is 462 g/mol. The van der Waals surface area contributed by atoms with E-state index in [0.29, 0.717) is 21.0 Å². The highest BCUT2D eigenvalue weighted by Gasteiger charge is 2.12. The van der Waals surface area contributed by atoms with Crippen molar-refractivity contribution < 1.29 is 14.3 Å². The van der Waals surface area contributed by atoms with E-state index < -0.39 is 0 Å². The summed E-state index contributed by atoms with van der Waals surface area (Å²) in [5.74, 6) is 0.641. The summed E-state index contributed by atoms with van der Waals surface area (Å²) in [5, 5.41) is 2.84. The number of hydrogen-bond donors (Lipinski definition) is 1. The molecule has 2 aromatic heterocycles. The molecule has 0 aliphatic carbocycles. The highest BCUT2D eigenvalue weighted by Crippen LogP contribution is 2.28. The van der Waals surface area contributed by atoms with Crippen LogP contribution in [0, 0.1) is 13.8 Å². The van der Waals surface area contributed by atoms with E-state index in [1.54, 1.807) is 22.6 Å². The molecule has 0 saturated heterocycles. The highest BCUT2D eigenvalue weighted by molar-refractivity contribution is 7.15. The van der Waals surface area contributed by atoms with E-state index >= 15 is 0 Å². The van der Waals surface area contributed by atoms with Gasteiger partial charge in [-0.3, -0.25) is 9.59 Å². The Morgan fingerprint density at radius 2 is 1.89 bits per heavy atom. The van der Waals surface area contributed by atoms with Crippen molar-refractivity contribution in [3.05, 3.63) is 92.2 Å². The van der Waals surface area contributed by atoms with E-state index in [1.165, 1.54) is 18.4 Å². The third-order valence-corrected chi connectivity index (χ3v) is 6.75. The molecule has 1 amide bonds. The lowest BCUT2D eigenvalue weighted by Crippen LogP contribution is -2.22. The monoisotopic (exact) mass is 485 g/mol. The van der Waals surface area contributed by atoms with Gasteiger partial charge in [-0.05, 0) is 73.0 Å². The number of hydrogen-bond acceptors (Lipinski definition) is 6. The molecule has 0 atom stereocenters. The number of rotatable bonds is 6. The number of aryl methyl sites for hydroxylation is 2. The number of thiazole rings is 1. The third-order valence-electron chi connectivity index (χ3n) is 5.78. The van der Waals surface area contributed by atoms with Crippen molar-refractivity contribution in [1.29, 1.82) is 0 Å². The number of nitrogens with zero attached hydrogens (tertiary/aromatic N) is 2. The van der Waals surface area contributed by atoms with Gasteiger partial charge in [0.2, 0.25) is 0 Å². The lowest BCUT2D eigenvalue weighted by Gasteiger charge is -2.12. The van der Waals surface area contributed by atoms with Crippen LogP contribution in [0.15, 0.2) is 65.5 Å². The minimum atomic E-state index is -0.268. The maximum absolute atomic E-state index is 13.0. The molecule has 0 radical (unpaired) electrons. The number of methoxy groups -OCH3 is 1. The molecule has 0 aliphatic rings. The normalized spacial score (nSPS) is 11.8. The number of amides is 1. The fourth-order valence-corrected chi connectivity index (χ4v) is 4.80. The third kappa shape index (κ3) is 4.48. The van der Waals surface area contributed by atoms with Crippen LogP contribution >= 0.6 is 11.3 Å².